The molecule has 1 rings (SSSR count). The summed E-state index contributed by atoms with van der Waals surface area (Å²) in [7, 11) is 3.19. The maximum absolute atomic E-state index is 12.2. The molecule has 0 bridgehead atoms. The zero-order chi connectivity index (χ0) is 15.5. The lowest BCUT2D eigenvalue weighted by Gasteiger charge is -2.15. The first-order valence-electron chi connectivity index (χ1n) is 6.26. The van der Waals surface area contributed by atoms with E-state index in [0.29, 0.717) is 17.8 Å². The van der Waals surface area contributed by atoms with Gasteiger partial charge in [0.2, 0.25) is 10.0 Å². The van der Waals surface area contributed by atoms with Gasteiger partial charge in [-0.15, -0.1) is 0 Å². The minimum Gasteiger partial charge on any atom is -0.332 e. The molecule has 0 aliphatic heterocycles. The quantitative estimate of drug-likeness (QED) is 0.757. The summed E-state index contributed by atoms with van der Waals surface area (Å²) in [6.07, 6.45) is 0. The number of rotatable bonds is 5. The van der Waals surface area contributed by atoms with Crippen LogP contribution in [0.25, 0.3) is 0 Å². The van der Waals surface area contributed by atoms with Gasteiger partial charge in [-0.25, -0.2) is 12.7 Å². The number of benzene rings is 1. The van der Waals surface area contributed by atoms with E-state index in [0.717, 1.165) is 9.21 Å². The highest BCUT2D eigenvalue weighted by Crippen LogP contribution is 2.22. The average Bonchev–Trinajstić information content (AvgIpc) is 2.30. The molecular formula is C13H22N3O3S+. The number of carbonyl (C=O) groups is 1. The van der Waals surface area contributed by atoms with Crippen molar-refractivity contribution in [3.8, 4) is 0 Å². The maximum Gasteiger partial charge on any atom is 0.279 e. The van der Waals surface area contributed by atoms with Gasteiger partial charge in [0, 0.05) is 19.8 Å². The molecule has 0 aromatic heterocycles. The van der Waals surface area contributed by atoms with Crippen molar-refractivity contribution in [2.45, 2.75) is 11.8 Å². The number of sulfonamides is 1. The molecule has 0 spiro atoms. The highest BCUT2D eigenvalue weighted by Gasteiger charge is 2.20. The summed E-state index contributed by atoms with van der Waals surface area (Å²) in [4.78, 5) is 12.9. The van der Waals surface area contributed by atoms with E-state index >= 15 is 0 Å². The number of nitrogens with zero attached hydrogens (tertiary/aromatic N) is 1. The van der Waals surface area contributed by atoms with Crippen molar-refractivity contribution in [2.24, 2.45) is 0 Å². The van der Waals surface area contributed by atoms with Crippen molar-refractivity contribution in [3.05, 3.63) is 23.8 Å². The molecule has 0 unspecified atom stereocenters. The second-order valence-corrected chi connectivity index (χ2v) is 7.32. The minimum atomic E-state index is -3.51. The van der Waals surface area contributed by atoms with Gasteiger partial charge in [0.05, 0.1) is 19.0 Å². The third-order valence-corrected chi connectivity index (χ3v) is 4.70. The highest BCUT2D eigenvalue weighted by atomic mass is 32.2. The minimum absolute atomic E-state index is 0.151. The van der Waals surface area contributed by atoms with Crippen molar-refractivity contribution in [3.63, 3.8) is 0 Å². The Hall–Kier alpha value is -1.44. The van der Waals surface area contributed by atoms with Crippen LogP contribution in [0.1, 0.15) is 5.56 Å². The third kappa shape index (κ3) is 4.03. The van der Waals surface area contributed by atoms with Crippen LogP contribution in [0.2, 0.25) is 0 Å². The zero-order valence-electron chi connectivity index (χ0n) is 12.5. The molecule has 1 aromatic carbocycles. The van der Waals surface area contributed by atoms with Crippen molar-refractivity contribution in [2.75, 3.05) is 40.1 Å². The molecule has 1 amide bonds. The predicted octanol–water partition coefficient (Wildman–Crippen LogP) is -0.672. The number of anilines is 1. The Morgan fingerprint density at radius 1 is 1.30 bits per heavy atom. The van der Waals surface area contributed by atoms with Gasteiger partial charge in [-0.2, -0.15) is 0 Å². The Kier molecular flexibility index (Phi) is 5.27. The first-order valence-corrected chi connectivity index (χ1v) is 7.70. The van der Waals surface area contributed by atoms with E-state index in [1.54, 1.807) is 19.1 Å². The van der Waals surface area contributed by atoms with Crippen molar-refractivity contribution >= 4 is 21.6 Å². The van der Waals surface area contributed by atoms with Gasteiger partial charge in [0.15, 0.2) is 6.54 Å². The summed E-state index contributed by atoms with van der Waals surface area (Å²) < 4.78 is 25.5. The largest absolute Gasteiger partial charge is 0.332 e. The van der Waals surface area contributed by atoms with E-state index in [1.165, 1.54) is 20.2 Å². The van der Waals surface area contributed by atoms with Crippen LogP contribution in [0.5, 0.6) is 0 Å². The van der Waals surface area contributed by atoms with E-state index < -0.39 is 10.0 Å². The summed E-state index contributed by atoms with van der Waals surface area (Å²) in [6.45, 7) is 2.05. The fraction of sp³-hybridized carbons (Fsp3) is 0.462. The van der Waals surface area contributed by atoms with Crippen LogP contribution in [-0.4, -0.2) is 53.4 Å². The lowest BCUT2D eigenvalue weighted by atomic mass is 10.2. The molecule has 0 radical (unpaired) electrons. The number of amides is 1. The molecule has 0 heterocycles. The Balaban J connectivity index is 3.07. The average molecular weight is 300 g/mol. The van der Waals surface area contributed by atoms with Crippen LogP contribution in [0.4, 0.5) is 5.69 Å². The van der Waals surface area contributed by atoms with Crippen molar-refractivity contribution < 1.29 is 18.1 Å². The van der Waals surface area contributed by atoms with E-state index in [-0.39, 0.29) is 10.8 Å². The van der Waals surface area contributed by atoms with Gasteiger partial charge in [0.1, 0.15) is 0 Å². The van der Waals surface area contributed by atoms with Crippen LogP contribution in [0.3, 0.4) is 0 Å². The summed E-state index contributed by atoms with van der Waals surface area (Å²) in [6, 6.07) is 4.88. The Morgan fingerprint density at radius 2 is 1.90 bits per heavy atom. The lowest BCUT2D eigenvalue weighted by Crippen LogP contribution is -3.06. The van der Waals surface area contributed by atoms with Crippen LogP contribution in [-0.2, 0) is 14.8 Å². The standard InChI is InChI=1S/C13H21N3O3S/c1-10-6-7-11(14-13(17)9-15(2)3)8-12(10)20(18,19)16(4)5/h6-8H,9H2,1-5H3,(H,14,17)/p+1. The molecular weight excluding hydrogens is 278 g/mol. The first kappa shape index (κ1) is 16.6. The van der Waals surface area contributed by atoms with E-state index in [2.05, 4.69) is 5.32 Å². The summed E-state index contributed by atoms with van der Waals surface area (Å²) in [5.41, 5.74) is 1.14. The fourth-order valence-corrected chi connectivity index (χ4v) is 2.82. The smallest absolute Gasteiger partial charge is 0.279 e. The number of hydrogen-bond donors (Lipinski definition) is 2. The highest BCUT2D eigenvalue weighted by molar-refractivity contribution is 7.89. The molecule has 2 N–H and O–H groups in total. The Labute approximate surface area is 120 Å². The molecule has 0 aliphatic rings. The third-order valence-electron chi connectivity index (χ3n) is 2.74. The summed E-state index contributed by atoms with van der Waals surface area (Å²) in [5, 5.41) is 2.71. The first-order chi connectivity index (χ1) is 9.14. The zero-order valence-corrected chi connectivity index (χ0v) is 13.3. The van der Waals surface area contributed by atoms with Crippen molar-refractivity contribution in [1.82, 2.24) is 4.31 Å². The number of nitrogens with one attached hydrogen (secondary N) is 2. The van der Waals surface area contributed by atoms with Gasteiger partial charge in [0.25, 0.3) is 5.91 Å². The molecule has 0 saturated heterocycles. The molecule has 1 aromatic rings. The van der Waals surface area contributed by atoms with Crippen LogP contribution < -0.4 is 10.2 Å². The molecule has 0 aliphatic carbocycles. The Morgan fingerprint density at radius 3 is 2.40 bits per heavy atom. The molecule has 7 heteroatoms. The SMILES string of the molecule is Cc1ccc(NC(=O)C[NH+](C)C)cc1S(=O)(=O)N(C)C. The number of likely N-dealkylation sites (N-methyl/N-ethyl adjacent to an activating group) is 1. The number of carbonyl (C=O) groups excluding carboxylic acids is 1. The lowest BCUT2D eigenvalue weighted by molar-refractivity contribution is -0.849. The van der Waals surface area contributed by atoms with Gasteiger partial charge < -0.3 is 10.2 Å². The summed E-state index contributed by atoms with van der Waals surface area (Å²) in [5.74, 6) is -0.151. The number of aryl methyl sites for hydroxylation is 1. The molecule has 6 nitrogen and oxygen atoms in total. The normalized spacial score (nSPS) is 11.9. The van der Waals surface area contributed by atoms with Gasteiger partial charge in [-0.1, -0.05) is 6.07 Å². The number of quaternary nitrogens is 1. The predicted molar refractivity (Wildman–Crippen MR) is 78.4 cm³/mol. The van der Waals surface area contributed by atoms with E-state index in [1.807, 2.05) is 14.1 Å². The second-order valence-electron chi connectivity index (χ2n) is 5.20. The van der Waals surface area contributed by atoms with Crippen LogP contribution in [0, 0.1) is 6.92 Å². The summed E-state index contributed by atoms with van der Waals surface area (Å²) >= 11 is 0. The molecule has 0 saturated carbocycles. The van der Waals surface area contributed by atoms with Crippen LogP contribution >= 0.6 is 0 Å². The Bertz CT molecular complexity index is 595. The van der Waals surface area contributed by atoms with E-state index in [4.69, 9.17) is 0 Å². The molecule has 20 heavy (non-hydrogen) atoms. The van der Waals surface area contributed by atoms with Crippen LogP contribution in [0.15, 0.2) is 23.1 Å². The molecule has 112 valence electrons. The molecule has 0 atom stereocenters. The maximum atomic E-state index is 12.2. The van der Waals surface area contributed by atoms with Gasteiger partial charge >= 0.3 is 0 Å². The monoisotopic (exact) mass is 300 g/mol. The van der Waals surface area contributed by atoms with Gasteiger partial charge in [-0.05, 0) is 24.6 Å². The fourth-order valence-electron chi connectivity index (χ4n) is 1.68. The topological polar surface area (TPSA) is 70.9 Å². The second kappa shape index (κ2) is 6.34. The van der Waals surface area contributed by atoms with E-state index in [9.17, 15) is 13.2 Å². The van der Waals surface area contributed by atoms with Crippen molar-refractivity contribution in [1.29, 1.82) is 0 Å². The molecule has 0 fully saturated rings. The number of hydrogen-bond acceptors (Lipinski definition) is 3. The van der Waals surface area contributed by atoms with Gasteiger partial charge in [-0.3, -0.25) is 4.79 Å².